The first-order chi connectivity index (χ1) is 10.1. The van der Waals surface area contributed by atoms with Gasteiger partial charge in [-0.1, -0.05) is 24.3 Å². The van der Waals surface area contributed by atoms with E-state index in [9.17, 15) is 4.79 Å². The fourth-order valence-corrected chi connectivity index (χ4v) is 2.71. The number of carbonyl (C=O) groups excluding carboxylic acids is 1. The zero-order chi connectivity index (χ0) is 14.8. The van der Waals surface area contributed by atoms with Crippen LogP contribution in [0.1, 0.15) is 35.6 Å². The maximum absolute atomic E-state index is 12.4. The first kappa shape index (κ1) is 13.9. The predicted octanol–water partition coefficient (Wildman–Crippen LogP) is 2.48. The van der Waals surface area contributed by atoms with Crippen molar-refractivity contribution in [2.75, 3.05) is 0 Å². The number of hydrogen-bond acceptors (Lipinski definition) is 3. The number of rotatable bonds is 3. The Morgan fingerprint density at radius 3 is 2.76 bits per heavy atom. The van der Waals surface area contributed by atoms with Crippen molar-refractivity contribution in [1.29, 1.82) is 0 Å². The van der Waals surface area contributed by atoms with Crippen LogP contribution in [-0.4, -0.2) is 11.9 Å². The molecular formula is C17H20N2O2. The number of aryl methyl sites for hydroxylation is 1. The standard InChI is InChI=1S/C17H20N2O2/c1-11-7-8-16(21-11)12(2)19-17(20)15-9-13-5-3-4-6-14(13)10-18-15/h3-8,12,15,18H,9-10H2,1-2H3,(H,19,20). The SMILES string of the molecule is Cc1ccc(C(C)NC(=O)C2Cc3ccccc3CN2)o1. The van der Waals surface area contributed by atoms with Crippen molar-refractivity contribution in [3.8, 4) is 0 Å². The zero-order valence-corrected chi connectivity index (χ0v) is 12.3. The van der Waals surface area contributed by atoms with E-state index in [1.807, 2.05) is 38.1 Å². The zero-order valence-electron chi connectivity index (χ0n) is 12.3. The van der Waals surface area contributed by atoms with E-state index in [1.54, 1.807) is 0 Å². The van der Waals surface area contributed by atoms with Gasteiger partial charge in [0.1, 0.15) is 11.5 Å². The molecular weight excluding hydrogens is 264 g/mol. The van der Waals surface area contributed by atoms with Crippen LogP contribution in [0.25, 0.3) is 0 Å². The molecule has 1 aliphatic heterocycles. The molecule has 2 N–H and O–H groups in total. The number of carbonyl (C=O) groups is 1. The number of benzene rings is 1. The van der Waals surface area contributed by atoms with Crippen molar-refractivity contribution in [3.05, 3.63) is 59.0 Å². The predicted molar refractivity (Wildman–Crippen MR) is 80.8 cm³/mol. The Morgan fingerprint density at radius 2 is 2.05 bits per heavy atom. The van der Waals surface area contributed by atoms with Crippen molar-refractivity contribution in [3.63, 3.8) is 0 Å². The molecule has 0 aliphatic carbocycles. The quantitative estimate of drug-likeness (QED) is 0.910. The van der Waals surface area contributed by atoms with Gasteiger partial charge in [0.05, 0.1) is 12.1 Å². The molecule has 2 aromatic rings. The molecule has 0 radical (unpaired) electrons. The fourth-order valence-electron chi connectivity index (χ4n) is 2.71. The van der Waals surface area contributed by atoms with E-state index in [2.05, 4.69) is 22.8 Å². The molecule has 3 rings (SSSR count). The minimum absolute atomic E-state index is 0.0195. The van der Waals surface area contributed by atoms with Gasteiger partial charge in [0.15, 0.2) is 0 Å². The number of hydrogen-bond donors (Lipinski definition) is 2. The molecule has 1 aromatic heterocycles. The summed E-state index contributed by atoms with van der Waals surface area (Å²) in [6.07, 6.45) is 0.728. The van der Waals surface area contributed by atoms with Gasteiger partial charge < -0.3 is 15.1 Å². The van der Waals surface area contributed by atoms with Crippen LogP contribution in [0, 0.1) is 6.92 Å². The molecule has 1 aromatic carbocycles. The van der Waals surface area contributed by atoms with Gasteiger partial charge in [0, 0.05) is 6.54 Å². The summed E-state index contributed by atoms with van der Waals surface area (Å²) >= 11 is 0. The second kappa shape index (κ2) is 5.74. The van der Waals surface area contributed by atoms with Crippen molar-refractivity contribution < 1.29 is 9.21 Å². The van der Waals surface area contributed by atoms with Crippen molar-refractivity contribution >= 4 is 5.91 Å². The molecule has 21 heavy (non-hydrogen) atoms. The van der Waals surface area contributed by atoms with Crippen LogP contribution in [0.4, 0.5) is 0 Å². The number of furan rings is 1. The molecule has 0 saturated carbocycles. The average Bonchev–Trinajstić information content (AvgIpc) is 2.93. The van der Waals surface area contributed by atoms with E-state index in [4.69, 9.17) is 4.42 Å². The minimum Gasteiger partial charge on any atom is -0.464 e. The number of nitrogens with one attached hydrogen (secondary N) is 2. The molecule has 4 heteroatoms. The highest BCUT2D eigenvalue weighted by atomic mass is 16.3. The maximum atomic E-state index is 12.4. The highest BCUT2D eigenvalue weighted by Gasteiger charge is 2.25. The summed E-state index contributed by atoms with van der Waals surface area (Å²) in [5.41, 5.74) is 2.52. The van der Waals surface area contributed by atoms with E-state index >= 15 is 0 Å². The van der Waals surface area contributed by atoms with E-state index < -0.39 is 0 Å². The molecule has 0 fully saturated rings. The smallest absolute Gasteiger partial charge is 0.238 e. The van der Waals surface area contributed by atoms with Crippen LogP contribution in [0.2, 0.25) is 0 Å². The summed E-state index contributed by atoms with van der Waals surface area (Å²) in [4.78, 5) is 12.4. The summed E-state index contributed by atoms with van der Waals surface area (Å²) in [5.74, 6) is 1.67. The molecule has 110 valence electrons. The van der Waals surface area contributed by atoms with Crippen LogP contribution >= 0.6 is 0 Å². The molecule has 2 heterocycles. The maximum Gasteiger partial charge on any atom is 0.238 e. The number of fused-ring (bicyclic) bond motifs is 1. The molecule has 1 amide bonds. The van der Waals surface area contributed by atoms with Gasteiger partial charge >= 0.3 is 0 Å². The monoisotopic (exact) mass is 284 g/mol. The van der Waals surface area contributed by atoms with Crippen molar-refractivity contribution in [2.24, 2.45) is 0 Å². The number of amides is 1. The summed E-state index contributed by atoms with van der Waals surface area (Å²) in [6.45, 7) is 4.58. The highest BCUT2D eigenvalue weighted by molar-refractivity contribution is 5.82. The second-order valence-corrected chi connectivity index (χ2v) is 5.59. The second-order valence-electron chi connectivity index (χ2n) is 5.59. The van der Waals surface area contributed by atoms with Gasteiger partial charge in [-0.05, 0) is 43.5 Å². The van der Waals surface area contributed by atoms with E-state index in [-0.39, 0.29) is 18.0 Å². The molecule has 1 aliphatic rings. The van der Waals surface area contributed by atoms with Gasteiger partial charge in [-0.15, -0.1) is 0 Å². The lowest BCUT2D eigenvalue weighted by Crippen LogP contribution is -2.48. The Bertz CT molecular complexity index is 648. The Hall–Kier alpha value is -2.07. The van der Waals surface area contributed by atoms with Crippen LogP contribution in [0.15, 0.2) is 40.8 Å². The Labute approximate surface area is 124 Å². The van der Waals surface area contributed by atoms with Gasteiger partial charge in [-0.3, -0.25) is 4.79 Å². The largest absolute Gasteiger partial charge is 0.464 e. The lowest BCUT2D eigenvalue weighted by molar-refractivity contribution is -0.124. The van der Waals surface area contributed by atoms with Crippen LogP contribution < -0.4 is 10.6 Å². The van der Waals surface area contributed by atoms with Crippen LogP contribution in [0.5, 0.6) is 0 Å². The van der Waals surface area contributed by atoms with Gasteiger partial charge in [0.2, 0.25) is 5.91 Å². The van der Waals surface area contributed by atoms with E-state index in [0.717, 1.165) is 24.5 Å². The topological polar surface area (TPSA) is 54.3 Å². The van der Waals surface area contributed by atoms with Gasteiger partial charge in [0.25, 0.3) is 0 Å². The summed E-state index contributed by atoms with van der Waals surface area (Å²) in [5, 5.41) is 6.31. The molecule has 2 atom stereocenters. The van der Waals surface area contributed by atoms with Gasteiger partial charge in [-0.25, -0.2) is 0 Å². The lowest BCUT2D eigenvalue weighted by Gasteiger charge is -2.26. The third-order valence-electron chi connectivity index (χ3n) is 3.94. The summed E-state index contributed by atoms with van der Waals surface area (Å²) < 4.78 is 5.55. The third kappa shape index (κ3) is 3.00. The average molecular weight is 284 g/mol. The Balaban J connectivity index is 1.64. The molecule has 2 unspecified atom stereocenters. The lowest BCUT2D eigenvalue weighted by atomic mass is 9.95. The van der Waals surface area contributed by atoms with Crippen molar-refractivity contribution in [1.82, 2.24) is 10.6 Å². The van der Waals surface area contributed by atoms with E-state index in [0.29, 0.717) is 0 Å². The third-order valence-corrected chi connectivity index (χ3v) is 3.94. The molecule has 4 nitrogen and oxygen atoms in total. The van der Waals surface area contributed by atoms with Crippen LogP contribution in [-0.2, 0) is 17.8 Å². The molecule has 0 bridgehead atoms. The summed E-state index contributed by atoms with van der Waals surface area (Å²) in [6, 6.07) is 11.8. The Morgan fingerprint density at radius 1 is 1.29 bits per heavy atom. The fraction of sp³-hybridized carbons (Fsp3) is 0.353. The molecule has 0 saturated heterocycles. The first-order valence-electron chi connectivity index (χ1n) is 7.30. The van der Waals surface area contributed by atoms with Crippen LogP contribution in [0.3, 0.4) is 0 Å². The molecule has 0 spiro atoms. The van der Waals surface area contributed by atoms with E-state index in [1.165, 1.54) is 11.1 Å². The van der Waals surface area contributed by atoms with Crippen molar-refractivity contribution in [2.45, 2.75) is 38.9 Å². The highest BCUT2D eigenvalue weighted by Crippen LogP contribution is 2.18. The first-order valence-corrected chi connectivity index (χ1v) is 7.30. The summed E-state index contributed by atoms with van der Waals surface area (Å²) in [7, 11) is 0. The Kier molecular flexibility index (Phi) is 3.80. The van der Waals surface area contributed by atoms with Gasteiger partial charge in [-0.2, -0.15) is 0 Å². The normalized spacial score (nSPS) is 18.9. The minimum atomic E-state index is -0.182.